The molecule has 100 valence electrons. The van der Waals surface area contributed by atoms with E-state index in [9.17, 15) is 4.79 Å². The molecule has 1 N–H and O–H groups in total. The number of carbonyl (C=O) groups excluding carboxylic acids is 1. The van der Waals surface area contributed by atoms with Crippen molar-refractivity contribution in [3.63, 3.8) is 0 Å². The van der Waals surface area contributed by atoms with Gasteiger partial charge in [0, 0.05) is 21.0 Å². The fourth-order valence-corrected chi connectivity index (χ4v) is 3.56. The van der Waals surface area contributed by atoms with Crippen molar-refractivity contribution in [2.75, 3.05) is 6.17 Å². The Morgan fingerprint density at radius 2 is 2.00 bits per heavy atom. The number of alkyl halides is 1. The Labute approximate surface area is 127 Å². The maximum atomic E-state index is 12.0. The molecular weight excluding hydrogens is 374 g/mol. The van der Waals surface area contributed by atoms with Crippen molar-refractivity contribution < 1.29 is 4.79 Å². The van der Waals surface area contributed by atoms with Gasteiger partial charge in [0.05, 0.1) is 8.07 Å². The van der Waals surface area contributed by atoms with Crippen LogP contribution in [0.3, 0.4) is 0 Å². The number of hydrogen-bond donors (Lipinski definition) is 1. The topological polar surface area (TPSA) is 29.1 Å². The van der Waals surface area contributed by atoms with E-state index < -0.39 is 8.07 Å². The van der Waals surface area contributed by atoms with E-state index in [0.717, 1.165) is 16.2 Å². The van der Waals surface area contributed by atoms with E-state index in [1.807, 2.05) is 18.2 Å². The fraction of sp³-hybridized carbons (Fsp3) is 0.462. The smallest absolute Gasteiger partial charge is 0.251 e. The summed E-state index contributed by atoms with van der Waals surface area (Å²) in [5.74, 6) is 0.00639. The predicted octanol–water partition coefficient (Wildman–Crippen LogP) is 4.51. The van der Waals surface area contributed by atoms with Crippen LogP contribution in [0.2, 0.25) is 19.6 Å². The highest BCUT2D eigenvalue weighted by molar-refractivity contribution is 9.11. The molecule has 0 saturated carbocycles. The minimum Gasteiger partial charge on any atom is -0.355 e. The first kappa shape index (κ1) is 15.9. The Morgan fingerprint density at radius 3 is 2.44 bits per heavy atom. The molecule has 0 aromatic heterocycles. The van der Waals surface area contributed by atoms with E-state index >= 15 is 0 Å². The van der Waals surface area contributed by atoms with E-state index in [1.54, 1.807) is 0 Å². The number of benzene rings is 1. The molecule has 1 amide bonds. The molecule has 2 nitrogen and oxygen atoms in total. The number of hydrogen-bond acceptors (Lipinski definition) is 1. The zero-order chi connectivity index (χ0) is 13.9. The van der Waals surface area contributed by atoms with Crippen molar-refractivity contribution in [3.8, 4) is 0 Å². The molecule has 0 heterocycles. The van der Waals surface area contributed by atoms with Crippen LogP contribution in [0.4, 0.5) is 0 Å². The van der Waals surface area contributed by atoms with Gasteiger partial charge in [-0.2, -0.15) is 0 Å². The monoisotopic (exact) mass is 391 g/mol. The van der Waals surface area contributed by atoms with E-state index in [0.29, 0.717) is 5.56 Å². The maximum absolute atomic E-state index is 12.0. The summed E-state index contributed by atoms with van der Waals surface area (Å²) in [6.45, 7) is 8.77. The van der Waals surface area contributed by atoms with Crippen LogP contribution in [-0.4, -0.2) is 20.1 Å². The predicted molar refractivity (Wildman–Crippen MR) is 87.2 cm³/mol. The van der Waals surface area contributed by atoms with Crippen molar-refractivity contribution in [3.05, 3.63) is 33.8 Å². The normalized spacial score (nSPS) is 13.2. The van der Waals surface area contributed by atoms with Crippen LogP contribution in [-0.2, 0) is 0 Å². The molecule has 0 aliphatic heterocycles. The van der Waals surface area contributed by atoms with Crippen LogP contribution in [0, 0.1) is 0 Å². The first-order valence-electron chi connectivity index (χ1n) is 5.92. The van der Waals surface area contributed by atoms with Gasteiger partial charge < -0.3 is 5.32 Å². The van der Waals surface area contributed by atoms with Gasteiger partial charge in [-0.05, 0) is 24.6 Å². The summed E-state index contributed by atoms with van der Waals surface area (Å²) in [6, 6.07) is 5.73. The Morgan fingerprint density at radius 1 is 1.39 bits per heavy atom. The summed E-state index contributed by atoms with van der Waals surface area (Å²) in [6.07, 6.45) is 0.806. The number of halogens is 2. The van der Waals surface area contributed by atoms with Gasteiger partial charge >= 0.3 is 0 Å². The summed E-state index contributed by atoms with van der Waals surface area (Å²) >= 11 is 7.03. The first-order valence-corrected chi connectivity index (χ1v) is 11.3. The molecule has 18 heavy (non-hydrogen) atoms. The summed E-state index contributed by atoms with van der Waals surface area (Å²) in [4.78, 5) is 12.3. The van der Waals surface area contributed by atoms with Crippen molar-refractivity contribution >= 4 is 45.8 Å². The van der Waals surface area contributed by atoms with Gasteiger partial charge in [0.2, 0.25) is 0 Å². The zero-order valence-corrected chi connectivity index (χ0v) is 15.4. The minimum atomic E-state index is -1.25. The Hall–Kier alpha value is -0.133. The van der Waals surface area contributed by atoms with Gasteiger partial charge in [-0.3, -0.25) is 4.79 Å². The summed E-state index contributed by atoms with van der Waals surface area (Å²) in [5.41, 5.74) is 1.86. The summed E-state index contributed by atoms with van der Waals surface area (Å²) in [7, 11) is -1.25. The van der Waals surface area contributed by atoms with E-state index in [-0.39, 0.29) is 10.7 Å². The third-order valence-corrected chi connectivity index (χ3v) is 4.89. The second-order valence-electron chi connectivity index (χ2n) is 5.60. The van der Waals surface area contributed by atoms with Crippen LogP contribution in [0.15, 0.2) is 22.7 Å². The van der Waals surface area contributed by atoms with Crippen molar-refractivity contribution in [2.45, 2.75) is 31.4 Å². The minimum absolute atomic E-state index is 0.00639. The van der Waals surface area contributed by atoms with E-state index in [2.05, 4.69) is 63.7 Å². The van der Waals surface area contributed by atoms with E-state index in [4.69, 9.17) is 0 Å². The van der Waals surface area contributed by atoms with Gasteiger partial charge in [-0.1, -0.05) is 57.6 Å². The highest BCUT2D eigenvalue weighted by atomic mass is 79.9. The number of nitrogens with one attached hydrogen (secondary N) is 1. The lowest BCUT2D eigenvalue weighted by molar-refractivity contribution is 0.0959. The molecule has 5 heteroatoms. The van der Waals surface area contributed by atoms with Crippen LogP contribution >= 0.6 is 31.9 Å². The standard InChI is InChI=1S/C13H19Br2NOSi/c1-9(14)11-6-5-10(7-12(11)15)13(17)16-8-18(2,3)4/h5-7,9H,8H2,1-4H3,(H,16,17). The molecule has 0 fully saturated rings. The Balaban J connectivity index is 2.79. The van der Waals surface area contributed by atoms with Gasteiger partial charge in [-0.15, -0.1) is 0 Å². The fourth-order valence-electron chi connectivity index (χ4n) is 1.44. The first-order chi connectivity index (χ1) is 8.20. The molecule has 1 aromatic carbocycles. The highest BCUT2D eigenvalue weighted by Crippen LogP contribution is 2.29. The van der Waals surface area contributed by atoms with Crippen molar-refractivity contribution in [1.29, 1.82) is 0 Å². The van der Waals surface area contributed by atoms with Crippen molar-refractivity contribution in [2.24, 2.45) is 0 Å². The molecule has 0 radical (unpaired) electrons. The number of rotatable bonds is 4. The molecule has 0 aliphatic rings. The largest absolute Gasteiger partial charge is 0.355 e. The molecule has 1 unspecified atom stereocenters. The summed E-state index contributed by atoms with van der Waals surface area (Å²) in [5, 5.41) is 3.01. The molecule has 1 aromatic rings. The molecule has 0 spiro atoms. The molecule has 1 atom stereocenters. The second-order valence-corrected chi connectivity index (χ2v) is 13.3. The van der Waals surface area contributed by atoms with Gasteiger partial charge in [0.1, 0.15) is 0 Å². The zero-order valence-electron chi connectivity index (χ0n) is 11.2. The lowest BCUT2D eigenvalue weighted by Crippen LogP contribution is -2.39. The molecule has 0 bridgehead atoms. The second kappa shape index (κ2) is 6.35. The number of carbonyl (C=O) groups is 1. The molecular formula is C13H19Br2NOSi. The average molecular weight is 393 g/mol. The Kier molecular flexibility index (Phi) is 5.61. The molecule has 1 rings (SSSR count). The van der Waals surface area contributed by atoms with E-state index in [1.165, 1.54) is 0 Å². The third-order valence-electron chi connectivity index (χ3n) is 2.47. The Bertz CT molecular complexity index is 441. The SMILES string of the molecule is CC(Br)c1ccc(C(=O)NC[Si](C)(C)C)cc1Br. The average Bonchev–Trinajstić information content (AvgIpc) is 2.24. The van der Waals surface area contributed by atoms with Gasteiger partial charge in [-0.25, -0.2) is 0 Å². The third kappa shape index (κ3) is 4.86. The lowest BCUT2D eigenvalue weighted by Gasteiger charge is -2.17. The van der Waals surface area contributed by atoms with Crippen LogP contribution in [0.5, 0.6) is 0 Å². The van der Waals surface area contributed by atoms with Crippen LogP contribution in [0.1, 0.15) is 27.7 Å². The molecule has 0 aliphatic carbocycles. The van der Waals surface area contributed by atoms with Gasteiger partial charge in [0.15, 0.2) is 0 Å². The molecule has 0 saturated heterocycles. The maximum Gasteiger partial charge on any atom is 0.251 e. The van der Waals surface area contributed by atoms with Gasteiger partial charge in [0.25, 0.3) is 5.91 Å². The summed E-state index contributed by atoms with van der Waals surface area (Å²) < 4.78 is 0.965. The highest BCUT2D eigenvalue weighted by Gasteiger charge is 2.16. The van der Waals surface area contributed by atoms with Crippen LogP contribution < -0.4 is 5.32 Å². The van der Waals surface area contributed by atoms with Crippen molar-refractivity contribution in [1.82, 2.24) is 5.32 Å². The quantitative estimate of drug-likeness (QED) is 0.592. The van der Waals surface area contributed by atoms with Crippen LogP contribution in [0.25, 0.3) is 0 Å². The lowest BCUT2D eigenvalue weighted by atomic mass is 10.1. The number of amides is 1.